The first-order valence-electron chi connectivity index (χ1n) is 10.1. The molecule has 0 aliphatic carbocycles. The number of para-hydroxylation sites is 1. The molecule has 0 heterocycles. The number of anilines is 1. The predicted molar refractivity (Wildman–Crippen MR) is 121 cm³/mol. The van der Waals surface area contributed by atoms with Crippen LogP contribution < -0.4 is 15.4 Å². The van der Waals surface area contributed by atoms with Crippen molar-refractivity contribution < 1.29 is 19.1 Å². The zero-order chi connectivity index (χ0) is 22.1. The first-order chi connectivity index (χ1) is 15.1. The molecular formula is C25H26N2O4. The average molecular weight is 418 g/mol. The molecule has 3 aromatic rings. The van der Waals surface area contributed by atoms with Gasteiger partial charge in [0, 0.05) is 13.7 Å². The smallest absolute Gasteiger partial charge is 0.265 e. The quantitative estimate of drug-likeness (QED) is 0.512. The molecule has 160 valence electrons. The van der Waals surface area contributed by atoms with E-state index in [4.69, 9.17) is 9.47 Å². The van der Waals surface area contributed by atoms with Crippen LogP contribution in [0, 0.1) is 0 Å². The lowest BCUT2D eigenvalue weighted by Gasteiger charge is -2.17. The third-order valence-corrected chi connectivity index (χ3v) is 4.66. The molecule has 31 heavy (non-hydrogen) atoms. The molecule has 1 atom stereocenters. The molecular weight excluding hydrogens is 392 g/mol. The van der Waals surface area contributed by atoms with Crippen molar-refractivity contribution in [2.45, 2.75) is 13.0 Å². The Morgan fingerprint density at radius 2 is 1.52 bits per heavy atom. The fourth-order valence-corrected chi connectivity index (χ4v) is 3.00. The first-order valence-corrected chi connectivity index (χ1v) is 10.1. The summed E-state index contributed by atoms with van der Waals surface area (Å²) in [6.07, 6.45) is -0.743. The number of carbonyl (C=O) groups excluding carboxylic acids is 2. The van der Waals surface area contributed by atoms with E-state index in [9.17, 15) is 9.59 Å². The van der Waals surface area contributed by atoms with Gasteiger partial charge in [-0.25, -0.2) is 0 Å². The number of rotatable bonds is 9. The Bertz CT molecular complexity index is 1000. The topological polar surface area (TPSA) is 76.7 Å². The second-order valence-electron chi connectivity index (χ2n) is 6.93. The van der Waals surface area contributed by atoms with Gasteiger partial charge in [0.1, 0.15) is 5.75 Å². The highest BCUT2D eigenvalue weighted by Gasteiger charge is 2.18. The highest BCUT2D eigenvalue weighted by molar-refractivity contribution is 6.04. The predicted octanol–water partition coefficient (Wildman–Crippen LogP) is 4.14. The van der Waals surface area contributed by atoms with Crippen molar-refractivity contribution in [3.05, 3.63) is 84.4 Å². The summed E-state index contributed by atoms with van der Waals surface area (Å²) in [6, 6.07) is 24.5. The number of carbonyl (C=O) groups is 2. The van der Waals surface area contributed by atoms with Crippen LogP contribution in [0.3, 0.4) is 0 Å². The van der Waals surface area contributed by atoms with E-state index in [2.05, 4.69) is 10.6 Å². The first kappa shape index (κ1) is 22.1. The Kier molecular flexibility index (Phi) is 7.79. The summed E-state index contributed by atoms with van der Waals surface area (Å²) in [5.41, 5.74) is 2.99. The van der Waals surface area contributed by atoms with Gasteiger partial charge in [-0.15, -0.1) is 0 Å². The van der Waals surface area contributed by atoms with Crippen LogP contribution in [0.5, 0.6) is 5.75 Å². The number of hydrogen-bond acceptors (Lipinski definition) is 4. The third kappa shape index (κ3) is 6.17. The Labute approximate surface area is 182 Å². The number of methoxy groups -OCH3 is 1. The minimum atomic E-state index is -0.743. The van der Waals surface area contributed by atoms with E-state index >= 15 is 0 Å². The van der Waals surface area contributed by atoms with Crippen LogP contribution in [0.2, 0.25) is 0 Å². The molecule has 0 saturated carbocycles. The van der Waals surface area contributed by atoms with E-state index in [1.54, 1.807) is 38.3 Å². The van der Waals surface area contributed by atoms with Crippen LogP contribution >= 0.6 is 0 Å². The normalized spacial score (nSPS) is 11.4. The standard InChI is InChI=1S/C25H26N2O4/c1-18(31-21-14-12-20(13-15-21)19-8-4-3-5-9-19)24(28)27-23-11-7-6-10-22(23)25(29)26-16-17-30-2/h3-15,18H,16-17H2,1-2H3,(H,26,29)(H,27,28)/t18-/m1/s1. The lowest BCUT2D eigenvalue weighted by Crippen LogP contribution is -2.32. The molecule has 0 spiro atoms. The molecule has 2 amide bonds. The van der Waals surface area contributed by atoms with Crippen molar-refractivity contribution in [2.75, 3.05) is 25.6 Å². The molecule has 6 nitrogen and oxygen atoms in total. The van der Waals surface area contributed by atoms with Crippen LogP contribution in [0.25, 0.3) is 11.1 Å². The Hall–Kier alpha value is -3.64. The third-order valence-electron chi connectivity index (χ3n) is 4.66. The van der Waals surface area contributed by atoms with E-state index in [0.29, 0.717) is 30.2 Å². The number of benzene rings is 3. The monoisotopic (exact) mass is 418 g/mol. The molecule has 2 N–H and O–H groups in total. The zero-order valence-corrected chi connectivity index (χ0v) is 17.6. The van der Waals surface area contributed by atoms with E-state index in [0.717, 1.165) is 11.1 Å². The van der Waals surface area contributed by atoms with Crippen LogP contribution in [0.15, 0.2) is 78.9 Å². The van der Waals surface area contributed by atoms with Gasteiger partial charge in [-0.1, -0.05) is 54.6 Å². The summed E-state index contributed by atoms with van der Waals surface area (Å²) in [6.45, 7) is 2.46. The van der Waals surface area contributed by atoms with Crippen molar-refractivity contribution in [3.63, 3.8) is 0 Å². The summed E-state index contributed by atoms with van der Waals surface area (Å²) in [4.78, 5) is 25.0. The fourth-order valence-electron chi connectivity index (χ4n) is 3.00. The van der Waals surface area contributed by atoms with E-state index in [1.165, 1.54) is 0 Å². The van der Waals surface area contributed by atoms with E-state index in [1.807, 2.05) is 54.6 Å². The molecule has 0 aliphatic heterocycles. The van der Waals surface area contributed by atoms with Gasteiger partial charge in [0.2, 0.25) is 0 Å². The molecule has 0 bridgehead atoms. The minimum Gasteiger partial charge on any atom is -0.481 e. The van der Waals surface area contributed by atoms with Crippen molar-refractivity contribution in [2.24, 2.45) is 0 Å². The maximum atomic E-state index is 12.7. The second-order valence-corrected chi connectivity index (χ2v) is 6.93. The summed E-state index contributed by atoms with van der Waals surface area (Å²) in [7, 11) is 1.57. The SMILES string of the molecule is COCCNC(=O)c1ccccc1NC(=O)[C@@H](C)Oc1ccc(-c2ccccc2)cc1. The summed E-state index contributed by atoms with van der Waals surface area (Å²) in [5.74, 6) is -0.0322. The lowest BCUT2D eigenvalue weighted by molar-refractivity contribution is -0.122. The highest BCUT2D eigenvalue weighted by atomic mass is 16.5. The van der Waals surface area contributed by atoms with Crippen molar-refractivity contribution in [1.29, 1.82) is 0 Å². The number of ether oxygens (including phenoxy) is 2. The molecule has 0 aromatic heterocycles. The van der Waals surface area contributed by atoms with Gasteiger partial charge in [0.25, 0.3) is 11.8 Å². The largest absolute Gasteiger partial charge is 0.481 e. The molecule has 0 unspecified atom stereocenters. The van der Waals surface area contributed by atoms with Gasteiger partial charge < -0.3 is 20.1 Å². The summed E-state index contributed by atoms with van der Waals surface area (Å²) in [5, 5.41) is 5.54. The van der Waals surface area contributed by atoms with Crippen LogP contribution in [0.1, 0.15) is 17.3 Å². The van der Waals surface area contributed by atoms with Gasteiger partial charge >= 0.3 is 0 Å². The van der Waals surface area contributed by atoms with Gasteiger partial charge in [0.05, 0.1) is 17.9 Å². The average Bonchev–Trinajstić information content (AvgIpc) is 2.80. The summed E-state index contributed by atoms with van der Waals surface area (Å²) < 4.78 is 10.7. The molecule has 0 saturated heterocycles. The molecule has 3 rings (SSSR count). The van der Waals surface area contributed by atoms with Crippen LogP contribution in [-0.4, -0.2) is 38.2 Å². The highest BCUT2D eigenvalue weighted by Crippen LogP contribution is 2.23. The van der Waals surface area contributed by atoms with Gasteiger partial charge in [-0.2, -0.15) is 0 Å². The van der Waals surface area contributed by atoms with E-state index < -0.39 is 6.10 Å². The van der Waals surface area contributed by atoms with Crippen LogP contribution in [0.4, 0.5) is 5.69 Å². The van der Waals surface area contributed by atoms with Crippen molar-refractivity contribution in [1.82, 2.24) is 5.32 Å². The minimum absolute atomic E-state index is 0.280. The number of nitrogens with one attached hydrogen (secondary N) is 2. The molecule has 0 fully saturated rings. The van der Waals surface area contributed by atoms with E-state index in [-0.39, 0.29) is 11.8 Å². The van der Waals surface area contributed by atoms with Gasteiger partial charge in [-0.05, 0) is 42.3 Å². The lowest BCUT2D eigenvalue weighted by atomic mass is 10.1. The Morgan fingerprint density at radius 1 is 0.871 bits per heavy atom. The molecule has 0 radical (unpaired) electrons. The number of amides is 2. The van der Waals surface area contributed by atoms with Crippen molar-refractivity contribution in [3.8, 4) is 16.9 Å². The Balaban J connectivity index is 1.62. The molecule has 0 aliphatic rings. The van der Waals surface area contributed by atoms with Crippen molar-refractivity contribution >= 4 is 17.5 Å². The maximum absolute atomic E-state index is 12.7. The van der Waals surface area contributed by atoms with Crippen LogP contribution in [-0.2, 0) is 9.53 Å². The molecule has 3 aromatic carbocycles. The molecule has 6 heteroatoms. The summed E-state index contributed by atoms with van der Waals surface area (Å²) >= 11 is 0. The number of hydrogen-bond donors (Lipinski definition) is 2. The van der Waals surface area contributed by atoms with Gasteiger partial charge in [-0.3, -0.25) is 9.59 Å². The Morgan fingerprint density at radius 3 is 2.23 bits per heavy atom. The zero-order valence-electron chi connectivity index (χ0n) is 17.6. The maximum Gasteiger partial charge on any atom is 0.265 e. The fraction of sp³-hybridized carbons (Fsp3) is 0.200. The second kappa shape index (κ2) is 10.9. The van der Waals surface area contributed by atoms with Gasteiger partial charge in [0.15, 0.2) is 6.10 Å².